The van der Waals surface area contributed by atoms with E-state index in [1.54, 1.807) is 24.4 Å². The minimum absolute atomic E-state index is 0.699. The summed E-state index contributed by atoms with van der Waals surface area (Å²) < 4.78 is 7.16. The molecule has 0 atom stereocenters. The van der Waals surface area contributed by atoms with Gasteiger partial charge in [0.05, 0.1) is 13.7 Å². The monoisotopic (exact) mass is 342 g/mol. The summed E-state index contributed by atoms with van der Waals surface area (Å²) in [6, 6.07) is 14.1. The van der Waals surface area contributed by atoms with Gasteiger partial charge >= 0.3 is 0 Å². The molecule has 24 heavy (non-hydrogen) atoms. The van der Waals surface area contributed by atoms with Gasteiger partial charge < -0.3 is 10.1 Å². The fourth-order valence-electron chi connectivity index (χ4n) is 2.49. The summed E-state index contributed by atoms with van der Waals surface area (Å²) in [5, 5.41) is 8.24. The molecule has 124 valence electrons. The third-order valence-electron chi connectivity index (χ3n) is 3.72. The highest BCUT2D eigenvalue weighted by Crippen LogP contribution is 2.22. The number of hydrogen-bond acceptors (Lipinski definition) is 4. The summed E-state index contributed by atoms with van der Waals surface area (Å²) in [4.78, 5) is 3.95. The van der Waals surface area contributed by atoms with E-state index in [4.69, 9.17) is 16.3 Å². The molecular formula is C18H19ClN4O. The number of hydrogen-bond donors (Lipinski definition) is 1. The molecule has 0 saturated heterocycles. The van der Waals surface area contributed by atoms with Gasteiger partial charge in [-0.2, -0.15) is 5.10 Å². The maximum atomic E-state index is 6.05. The Kier molecular flexibility index (Phi) is 5.46. The first-order valence-corrected chi connectivity index (χ1v) is 8.06. The Labute approximate surface area is 146 Å². The molecule has 0 unspecified atom stereocenters. The van der Waals surface area contributed by atoms with Crippen molar-refractivity contribution in [2.75, 3.05) is 7.11 Å². The van der Waals surface area contributed by atoms with Crippen LogP contribution in [0.15, 0.2) is 55.1 Å². The van der Waals surface area contributed by atoms with Gasteiger partial charge in [-0.15, -0.1) is 0 Å². The lowest BCUT2D eigenvalue weighted by molar-refractivity contribution is 0.407. The molecule has 0 radical (unpaired) electrons. The van der Waals surface area contributed by atoms with Crippen LogP contribution in [0, 0.1) is 0 Å². The van der Waals surface area contributed by atoms with Crippen LogP contribution in [0.25, 0.3) is 0 Å². The standard InChI is InChI=1S/C18H19ClN4O/c1-24-18-7-6-17(19)8-16(18)10-20-9-14-2-4-15(5-3-14)11-23-13-21-12-22-23/h2-8,12-13,20H,9-11H2,1H3. The maximum Gasteiger partial charge on any atom is 0.137 e. The number of nitrogens with zero attached hydrogens (tertiary/aromatic N) is 3. The summed E-state index contributed by atoms with van der Waals surface area (Å²) in [6.45, 7) is 2.21. The predicted octanol–water partition coefficient (Wildman–Crippen LogP) is 3.28. The normalized spacial score (nSPS) is 10.8. The van der Waals surface area contributed by atoms with E-state index in [0.717, 1.165) is 24.4 Å². The number of aromatic nitrogens is 3. The first-order valence-electron chi connectivity index (χ1n) is 7.68. The van der Waals surface area contributed by atoms with Gasteiger partial charge in [-0.1, -0.05) is 35.9 Å². The molecule has 1 heterocycles. The van der Waals surface area contributed by atoms with Crippen molar-refractivity contribution in [2.45, 2.75) is 19.6 Å². The number of ether oxygens (including phenoxy) is 1. The molecule has 0 aliphatic heterocycles. The van der Waals surface area contributed by atoms with E-state index in [9.17, 15) is 0 Å². The van der Waals surface area contributed by atoms with Crippen molar-refractivity contribution in [1.29, 1.82) is 0 Å². The van der Waals surface area contributed by atoms with Crippen molar-refractivity contribution in [3.05, 3.63) is 76.8 Å². The highest BCUT2D eigenvalue weighted by Gasteiger charge is 2.04. The van der Waals surface area contributed by atoms with Crippen molar-refractivity contribution < 1.29 is 4.74 Å². The van der Waals surface area contributed by atoms with Crippen LogP contribution in [0.3, 0.4) is 0 Å². The quantitative estimate of drug-likeness (QED) is 0.716. The van der Waals surface area contributed by atoms with Crippen molar-refractivity contribution >= 4 is 11.6 Å². The fourth-order valence-corrected chi connectivity index (χ4v) is 2.69. The van der Waals surface area contributed by atoms with Crippen LogP contribution in [0.1, 0.15) is 16.7 Å². The molecule has 3 rings (SSSR count). The fraction of sp³-hybridized carbons (Fsp3) is 0.222. The van der Waals surface area contributed by atoms with Gasteiger partial charge in [-0.25, -0.2) is 9.67 Å². The highest BCUT2D eigenvalue weighted by molar-refractivity contribution is 6.30. The molecule has 1 N–H and O–H groups in total. The lowest BCUT2D eigenvalue weighted by atomic mass is 10.1. The van der Waals surface area contributed by atoms with Gasteiger partial charge in [0.25, 0.3) is 0 Å². The summed E-state index contributed by atoms with van der Waals surface area (Å²) in [6.07, 6.45) is 3.26. The molecule has 0 aliphatic rings. The van der Waals surface area contributed by atoms with Gasteiger partial charge in [0, 0.05) is 23.7 Å². The first-order chi connectivity index (χ1) is 11.7. The smallest absolute Gasteiger partial charge is 0.137 e. The van der Waals surface area contributed by atoms with Crippen molar-refractivity contribution in [2.24, 2.45) is 0 Å². The average molecular weight is 343 g/mol. The van der Waals surface area contributed by atoms with E-state index in [-0.39, 0.29) is 0 Å². The number of halogens is 1. The second-order valence-electron chi connectivity index (χ2n) is 5.47. The lowest BCUT2D eigenvalue weighted by Crippen LogP contribution is -2.13. The van der Waals surface area contributed by atoms with Gasteiger partial charge in [0.2, 0.25) is 0 Å². The van der Waals surface area contributed by atoms with Crippen molar-refractivity contribution in [3.8, 4) is 5.75 Å². The second-order valence-corrected chi connectivity index (χ2v) is 5.91. The zero-order chi connectivity index (χ0) is 16.8. The molecule has 0 amide bonds. The van der Waals surface area contributed by atoms with Gasteiger partial charge in [0.1, 0.15) is 18.4 Å². The molecule has 1 aromatic heterocycles. The molecule has 0 spiro atoms. The minimum atomic E-state index is 0.699. The molecule has 2 aromatic carbocycles. The Morgan fingerprint density at radius 2 is 1.88 bits per heavy atom. The molecule has 0 bridgehead atoms. The van der Waals surface area contributed by atoms with Crippen LogP contribution in [0.2, 0.25) is 5.02 Å². The van der Waals surface area contributed by atoms with Crippen LogP contribution < -0.4 is 10.1 Å². The zero-order valence-corrected chi connectivity index (χ0v) is 14.2. The predicted molar refractivity (Wildman–Crippen MR) is 94.1 cm³/mol. The van der Waals surface area contributed by atoms with E-state index >= 15 is 0 Å². The second kappa shape index (κ2) is 7.95. The molecular weight excluding hydrogens is 324 g/mol. The number of benzene rings is 2. The summed E-state index contributed by atoms with van der Waals surface area (Å²) in [5.74, 6) is 0.843. The van der Waals surface area contributed by atoms with Gasteiger partial charge in [-0.3, -0.25) is 0 Å². The van der Waals surface area contributed by atoms with E-state index in [1.165, 1.54) is 11.1 Å². The molecule has 0 saturated carbocycles. The van der Waals surface area contributed by atoms with E-state index in [0.29, 0.717) is 11.6 Å². The minimum Gasteiger partial charge on any atom is -0.496 e. The van der Waals surface area contributed by atoms with E-state index in [1.807, 2.05) is 18.2 Å². The highest BCUT2D eigenvalue weighted by atomic mass is 35.5. The van der Waals surface area contributed by atoms with Crippen LogP contribution in [0.4, 0.5) is 0 Å². The Bertz CT molecular complexity index is 772. The van der Waals surface area contributed by atoms with Crippen LogP contribution in [-0.2, 0) is 19.6 Å². The zero-order valence-electron chi connectivity index (χ0n) is 13.4. The molecule has 0 aliphatic carbocycles. The van der Waals surface area contributed by atoms with Crippen molar-refractivity contribution in [1.82, 2.24) is 20.1 Å². The SMILES string of the molecule is COc1ccc(Cl)cc1CNCc1ccc(Cn2cncn2)cc1. The maximum absolute atomic E-state index is 6.05. The Hall–Kier alpha value is -2.37. The third kappa shape index (κ3) is 4.34. The summed E-state index contributed by atoms with van der Waals surface area (Å²) in [5.41, 5.74) is 3.46. The molecule has 5 nitrogen and oxygen atoms in total. The van der Waals surface area contributed by atoms with Crippen molar-refractivity contribution in [3.63, 3.8) is 0 Å². The summed E-state index contributed by atoms with van der Waals surface area (Å²) in [7, 11) is 1.67. The molecule has 6 heteroatoms. The van der Waals surface area contributed by atoms with Crippen LogP contribution in [0.5, 0.6) is 5.75 Å². The Balaban J connectivity index is 1.54. The topological polar surface area (TPSA) is 52.0 Å². The number of rotatable bonds is 7. The largest absolute Gasteiger partial charge is 0.496 e. The Morgan fingerprint density at radius 1 is 1.08 bits per heavy atom. The Morgan fingerprint density at radius 3 is 2.58 bits per heavy atom. The van der Waals surface area contributed by atoms with Gasteiger partial charge in [0.15, 0.2) is 0 Å². The molecule has 3 aromatic rings. The van der Waals surface area contributed by atoms with E-state index in [2.05, 4.69) is 39.7 Å². The van der Waals surface area contributed by atoms with Crippen LogP contribution in [-0.4, -0.2) is 21.9 Å². The lowest BCUT2D eigenvalue weighted by Gasteiger charge is -2.10. The van der Waals surface area contributed by atoms with Gasteiger partial charge in [-0.05, 0) is 29.3 Å². The third-order valence-corrected chi connectivity index (χ3v) is 3.96. The summed E-state index contributed by atoms with van der Waals surface area (Å²) >= 11 is 6.05. The van der Waals surface area contributed by atoms with Crippen LogP contribution >= 0.6 is 11.6 Å². The van der Waals surface area contributed by atoms with E-state index < -0.39 is 0 Å². The number of methoxy groups -OCH3 is 1. The average Bonchev–Trinajstić information content (AvgIpc) is 3.10. The molecule has 0 fully saturated rings. The first kappa shape index (κ1) is 16.5. The number of nitrogens with one attached hydrogen (secondary N) is 1.